The fourth-order valence-corrected chi connectivity index (χ4v) is 4.58. The Balaban J connectivity index is 1.32. The van der Waals surface area contributed by atoms with Crippen molar-refractivity contribution >= 4 is 28.5 Å². The number of rotatable bonds is 5. The molecule has 1 atom stereocenters. The number of benzene rings is 1. The molecule has 0 bridgehead atoms. The van der Waals surface area contributed by atoms with Crippen molar-refractivity contribution in [2.45, 2.75) is 39.4 Å². The summed E-state index contributed by atoms with van der Waals surface area (Å²) in [5.74, 6) is 0.290. The number of anilines is 1. The van der Waals surface area contributed by atoms with Gasteiger partial charge in [0.2, 0.25) is 11.0 Å². The number of nitrogens with one attached hydrogen (secondary N) is 1. The first-order chi connectivity index (χ1) is 13.9. The van der Waals surface area contributed by atoms with Crippen molar-refractivity contribution in [3.63, 3.8) is 0 Å². The lowest BCUT2D eigenvalue weighted by Crippen LogP contribution is -2.40. The van der Waals surface area contributed by atoms with E-state index in [0.29, 0.717) is 23.1 Å². The normalized spacial score (nSPS) is 18.4. The van der Waals surface area contributed by atoms with Gasteiger partial charge in [-0.05, 0) is 57.0 Å². The first kappa shape index (κ1) is 19.9. The molecule has 0 aliphatic carbocycles. The molecule has 2 aliphatic rings. The molecule has 4 rings (SSSR count). The summed E-state index contributed by atoms with van der Waals surface area (Å²) in [5, 5.41) is 14.2. The van der Waals surface area contributed by atoms with Gasteiger partial charge in [0.15, 0.2) is 0 Å². The molecular formula is C20H24N4O4S. The van der Waals surface area contributed by atoms with Gasteiger partial charge in [0.1, 0.15) is 12.4 Å². The number of cyclic esters (lactones) is 1. The van der Waals surface area contributed by atoms with Crippen LogP contribution in [0.25, 0.3) is 0 Å². The highest BCUT2D eigenvalue weighted by molar-refractivity contribution is 7.09. The maximum Gasteiger partial charge on any atom is 0.338 e. The van der Waals surface area contributed by atoms with Gasteiger partial charge in [-0.1, -0.05) is 6.07 Å². The SMILES string of the molecule is Cc1nsc(NC(=O)C2CCN(C[C@H](O)c3ccc4c(c3C)COC4=O)CC2)n1. The van der Waals surface area contributed by atoms with Crippen LogP contribution in [-0.4, -0.2) is 50.9 Å². The number of hydrogen-bond acceptors (Lipinski definition) is 8. The summed E-state index contributed by atoms with van der Waals surface area (Å²) in [6, 6.07) is 3.55. The molecule has 9 heteroatoms. The lowest BCUT2D eigenvalue weighted by molar-refractivity contribution is -0.121. The van der Waals surface area contributed by atoms with Crippen molar-refractivity contribution in [3.05, 3.63) is 40.2 Å². The van der Waals surface area contributed by atoms with E-state index in [0.717, 1.165) is 42.6 Å². The molecule has 1 aromatic heterocycles. The Morgan fingerprint density at radius 1 is 1.38 bits per heavy atom. The Hall–Kier alpha value is -2.36. The first-order valence-corrected chi connectivity index (χ1v) is 10.5. The van der Waals surface area contributed by atoms with E-state index in [-0.39, 0.29) is 24.4 Å². The molecule has 1 amide bonds. The number of fused-ring (bicyclic) bond motifs is 1. The van der Waals surface area contributed by atoms with E-state index in [4.69, 9.17) is 4.74 Å². The fourth-order valence-electron chi connectivity index (χ4n) is 4.00. The summed E-state index contributed by atoms with van der Waals surface area (Å²) in [6.45, 7) is 5.98. The zero-order chi connectivity index (χ0) is 20.5. The zero-order valence-corrected chi connectivity index (χ0v) is 17.3. The number of amides is 1. The van der Waals surface area contributed by atoms with Crippen LogP contribution >= 0.6 is 11.5 Å². The average molecular weight is 417 g/mol. The highest BCUT2D eigenvalue weighted by Gasteiger charge is 2.29. The largest absolute Gasteiger partial charge is 0.457 e. The van der Waals surface area contributed by atoms with Gasteiger partial charge in [0.25, 0.3) is 0 Å². The first-order valence-electron chi connectivity index (χ1n) is 9.73. The van der Waals surface area contributed by atoms with E-state index in [1.165, 1.54) is 11.5 Å². The summed E-state index contributed by atoms with van der Waals surface area (Å²) in [7, 11) is 0. The topological polar surface area (TPSA) is 105 Å². The predicted molar refractivity (Wildman–Crippen MR) is 108 cm³/mol. The number of aryl methyl sites for hydroxylation is 1. The third kappa shape index (κ3) is 4.17. The van der Waals surface area contributed by atoms with Crippen molar-refractivity contribution in [1.29, 1.82) is 0 Å². The molecule has 0 saturated carbocycles. The number of aromatic nitrogens is 2. The van der Waals surface area contributed by atoms with Gasteiger partial charge in [0, 0.05) is 29.6 Å². The van der Waals surface area contributed by atoms with Crippen LogP contribution < -0.4 is 5.32 Å². The Bertz CT molecular complexity index is 937. The second kappa shape index (κ2) is 8.17. The molecule has 2 aromatic rings. The van der Waals surface area contributed by atoms with Crippen LogP contribution in [0.1, 0.15) is 51.8 Å². The molecule has 0 unspecified atom stereocenters. The van der Waals surface area contributed by atoms with Gasteiger partial charge in [-0.2, -0.15) is 4.37 Å². The number of β-amino-alcohol motifs (C(OH)–C–C–N with tert-alkyl or cyclic N) is 1. The van der Waals surface area contributed by atoms with E-state index in [1.807, 2.05) is 13.0 Å². The van der Waals surface area contributed by atoms with Crippen LogP contribution in [0.15, 0.2) is 12.1 Å². The van der Waals surface area contributed by atoms with E-state index in [1.54, 1.807) is 13.0 Å². The Morgan fingerprint density at radius 3 is 2.83 bits per heavy atom. The second-order valence-corrected chi connectivity index (χ2v) is 8.36. The van der Waals surface area contributed by atoms with Crippen LogP contribution in [-0.2, 0) is 16.1 Å². The number of hydrogen-bond donors (Lipinski definition) is 2. The van der Waals surface area contributed by atoms with Crippen molar-refractivity contribution in [3.8, 4) is 0 Å². The summed E-state index contributed by atoms with van der Waals surface area (Å²) < 4.78 is 9.16. The highest BCUT2D eigenvalue weighted by Crippen LogP contribution is 2.30. The van der Waals surface area contributed by atoms with Gasteiger partial charge < -0.3 is 20.1 Å². The van der Waals surface area contributed by atoms with Gasteiger partial charge >= 0.3 is 5.97 Å². The standard InChI is InChI=1S/C20H24N4O4S/c1-11-14(3-4-15-16(11)10-28-19(15)27)17(25)9-24-7-5-13(6-8-24)18(26)22-20-21-12(2)23-29-20/h3-4,13,17,25H,5-10H2,1-2H3,(H,21,22,23,26)/t17-/m0/s1. The molecule has 1 saturated heterocycles. The molecule has 3 heterocycles. The van der Waals surface area contributed by atoms with Crippen LogP contribution in [0.5, 0.6) is 0 Å². The monoisotopic (exact) mass is 416 g/mol. The third-order valence-electron chi connectivity index (χ3n) is 5.71. The van der Waals surface area contributed by atoms with E-state index in [2.05, 4.69) is 19.6 Å². The van der Waals surface area contributed by atoms with Crippen molar-refractivity contribution < 1.29 is 19.4 Å². The summed E-state index contributed by atoms with van der Waals surface area (Å²) in [4.78, 5) is 30.5. The minimum atomic E-state index is -0.647. The maximum atomic E-state index is 12.4. The molecule has 29 heavy (non-hydrogen) atoms. The van der Waals surface area contributed by atoms with E-state index in [9.17, 15) is 14.7 Å². The zero-order valence-electron chi connectivity index (χ0n) is 16.5. The van der Waals surface area contributed by atoms with Crippen LogP contribution in [0, 0.1) is 19.8 Å². The third-order valence-corrected chi connectivity index (χ3v) is 6.44. The minimum absolute atomic E-state index is 0.0134. The summed E-state index contributed by atoms with van der Waals surface area (Å²) in [5.41, 5.74) is 3.21. The van der Waals surface area contributed by atoms with Crippen LogP contribution in [0.2, 0.25) is 0 Å². The Labute approximate surface area is 173 Å². The second-order valence-electron chi connectivity index (χ2n) is 7.61. The van der Waals surface area contributed by atoms with E-state index >= 15 is 0 Å². The number of ether oxygens (including phenoxy) is 1. The van der Waals surface area contributed by atoms with Crippen LogP contribution in [0.4, 0.5) is 5.13 Å². The molecule has 2 N–H and O–H groups in total. The molecule has 0 spiro atoms. The van der Waals surface area contributed by atoms with Gasteiger partial charge in [-0.25, -0.2) is 9.78 Å². The number of piperidine rings is 1. The number of carbonyl (C=O) groups excluding carboxylic acids is 2. The number of carbonyl (C=O) groups is 2. The Kier molecular flexibility index (Phi) is 5.62. The smallest absolute Gasteiger partial charge is 0.338 e. The number of esters is 1. The number of aliphatic hydroxyl groups excluding tert-OH is 1. The van der Waals surface area contributed by atoms with Crippen molar-refractivity contribution in [1.82, 2.24) is 14.3 Å². The number of nitrogens with zero attached hydrogens (tertiary/aromatic N) is 3. The minimum Gasteiger partial charge on any atom is -0.457 e. The number of likely N-dealkylation sites (tertiary alicyclic amines) is 1. The predicted octanol–water partition coefficient (Wildman–Crippen LogP) is 2.21. The highest BCUT2D eigenvalue weighted by atomic mass is 32.1. The summed E-state index contributed by atoms with van der Waals surface area (Å²) in [6.07, 6.45) is 0.828. The van der Waals surface area contributed by atoms with Crippen molar-refractivity contribution in [2.75, 3.05) is 25.0 Å². The molecule has 8 nitrogen and oxygen atoms in total. The Morgan fingerprint density at radius 2 is 2.14 bits per heavy atom. The van der Waals surface area contributed by atoms with E-state index < -0.39 is 6.10 Å². The van der Waals surface area contributed by atoms with Crippen LogP contribution in [0.3, 0.4) is 0 Å². The molecule has 154 valence electrons. The average Bonchev–Trinajstić information content (AvgIpc) is 3.28. The quantitative estimate of drug-likeness (QED) is 0.720. The number of aliphatic hydroxyl groups is 1. The van der Waals surface area contributed by atoms with Gasteiger partial charge in [-0.15, -0.1) is 0 Å². The summed E-state index contributed by atoms with van der Waals surface area (Å²) >= 11 is 1.19. The molecule has 2 aliphatic heterocycles. The maximum absolute atomic E-state index is 12.4. The molecule has 1 aromatic carbocycles. The molecule has 1 fully saturated rings. The van der Waals surface area contributed by atoms with Gasteiger partial charge in [0.05, 0.1) is 11.7 Å². The molecular weight excluding hydrogens is 392 g/mol. The van der Waals surface area contributed by atoms with Crippen molar-refractivity contribution in [2.24, 2.45) is 5.92 Å². The lowest BCUT2D eigenvalue weighted by atomic mass is 9.93. The fraction of sp³-hybridized carbons (Fsp3) is 0.500. The van der Waals surface area contributed by atoms with Gasteiger partial charge in [-0.3, -0.25) is 4.79 Å². The molecule has 0 radical (unpaired) electrons. The lowest BCUT2D eigenvalue weighted by Gasteiger charge is -2.32.